The van der Waals surface area contributed by atoms with E-state index in [9.17, 15) is 14.7 Å². The van der Waals surface area contributed by atoms with Gasteiger partial charge in [-0.15, -0.1) is 5.10 Å². The third-order valence-electron chi connectivity index (χ3n) is 3.00. The SMILES string of the molecule is CCC(C)C(C)(O)CNC(=O)c1n[nH]c(=O)[nH]1. The molecule has 17 heavy (non-hydrogen) atoms. The number of carbonyl (C=O) groups excluding carboxylic acids is 1. The lowest BCUT2D eigenvalue weighted by Crippen LogP contribution is -2.45. The minimum atomic E-state index is -0.985. The van der Waals surface area contributed by atoms with Crippen LogP contribution >= 0.6 is 0 Å². The zero-order valence-electron chi connectivity index (χ0n) is 10.2. The number of carbonyl (C=O) groups is 1. The van der Waals surface area contributed by atoms with Crippen LogP contribution in [0.25, 0.3) is 0 Å². The molecule has 0 aromatic carbocycles. The molecule has 0 aliphatic heterocycles. The van der Waals surface area contributed by atoms with Crippen molar-refractivity contribution in [2.75, 3.05) is 6.54 Å². The maximum absolute atomic E-state index is 11.5. The summed E-state index contributed by atoms with van der Waals surface area (Å²) in [6.07, 6.45) is 0.808. The summed E-state index contributed by atoms with van der Waals surface area (Å²) in [4.78, 5) is 24.5. The zero-order chi connectivity index (χ0) is 13.1. The molecule has 0 saturated heterocycles. The number of hydrogen-bond donors (Lipinski definition) is 4. The van der Waals surface area contributed by atoms with Gasteiger partial charge in [-0.05, 0) is 12.8 Å². The summed E-state index contributed by atoms with van der Waals surface area (Å²) in [5.74, 6) is -0.553. The summed E-state index contributed by atoms with van der Waals surface area (Å²) in [6.45, 7) is 5.64. The van der Waals surface area contributed by atoms with E-state index < -0.39 is 17.2 Å². The topological polar surface area (TPSA) is 111 Å². The molecule has 1 aromatic rings. The van der Waals surface area contributed by atoms with Crippen molar-refractivity contribution in [2.24, 2.45) is 5.92 Å². The standard InChI is InChI=1S/C10H18N4O3/c1-4-6(2)10(3,17)5-11-8(15)7-12-9(16)14-13-7/h6,17H,4-5H2,1-3H3,(H,11,15)(H2,12,13,14,16). The van der Waals surface area contributed by atoms with Crippen LogP contribution < -0.4 is 11.0 Å². The molecule has 1 heterocycles. The molecule has 7 heteroatoms. The van der Waals surface area contributed by atoms with Gasteiger partial charge in [0.25, 0.3) is 5.91 Å². The highest BCUT2D eigenvalue weighted by atomic mass is 16.3. The van der Waals surface area contributed by atoms with E-state index in [-0.39, 0.29) is 18.3 Å². The minimum absolute atomic E-state index is 0.0565. The van der Waals surface area contributed by atoms with E-state index in [2.05, 4.69) is 20.5 Å². The van der Waals surface area contributed by atoms with E-state index in [1.165, 1.54) is 0 Å². The summed E-state index contributed by atoms with van der Waals surface area (Å²) in [7, 11) is 0. The fourth-order valence-corrected chi connectivity index (χ4v) is 1.33. The van der Waals surface area contributed by atoms with Crippen molar-refractivity contribution in [3.05, 3.63) is 16.3 Å². The summed E-state index contributed by atoms with van der Waals surface area (Å²) in [6, 6.07) is 0. The minimum Gasteiger partial charge on any atom is -0.388 e. The number of amides is 1. The number of H-pyrrole nitrogens is 2. The molecule has 7 nitrogen and oxygen atoms in total. The van der Waals surface area contributed by atoms with E-state index in [0.717, 1.165) is 6.42 Å². The highest BCUT2D eigenvalue weighted by Gasteiger charge is 2.27. The van der Waals surface area contributed by atoms with Crippen LogP contribution in [-0.4, -0.2) is 38.3 Å². The molecule has 0 saturated carbocycles. The Bertz CT molecular complexity index is 435. The second-order valence-electron chi connectivity index (χ2n) is 4.38. The van der Waals surface area contributed by atoms with Crippen LogP contribution in [0.1, 0.15) is 37.8 Å². The lowest BCUT2D eigenvalue weighted by Gasteiger charge is -2.29. The largest absolute Gasteiger partial charge is 0.388 e. The van der Waals surface area contributed by atoms with E-state index in [1.54, 1.807) is 6.92 Å². The fourth-order valence-electron chi connectivity index (χ4n) is 1.33. The maximum Gasteiger partial charge on any atom is 0.341 e. The van der Waals surface area contributed by atoms with E-state index >= 15 is 0 Å². The number of nitrogens with zero attached hydrogens (tertiary/aromatic N) is 1. The third kappa shape index (κ3) is 3.42. The van der Waals surface area contributed by atoms with Crippen molar-refractivity contribution in [3.8, 4) is 0 Å². The van der Waals surface area contributed by atoms with Crippen LogP contribution in [0.3, 0.4) is 0 Å². The Kier molecular flexibility index (Phi) is 4.06. The van der Waals surface area contributed by atoms with Crippen molar-refractivity contribution in [1.82, 2.24) is 20.5 Å². The number of hydrogen-bond acceptors (Lipinski definition) is 4. The molecule has 96 valence electrons. The van der Waals surface area contributed by atoms with Crippen LogP contribution in [0.15, 0.2) is 4.79 Å². The molecule has 4 N–H and O–H groups in total. The molecule has 0 spiro atoms. The van der Waals surface area contributed by atoms with Gasteiger partial charge in [-0.1, -0.05) is 20.3 Å². The van der Waals surface area contributed by atoms with Crippen LogP contribution in [0.5, 0.6) is 0 Å². The summed E-state index contributed by atoms with van der Waals surface area (Å²) in [5.41, 5.74) is -1.52. The van der Waals surface area contributed by atoms with Crippen LogP contribution in [0, 0.1) is 5.92 Å². The Labute approximate surface area is 98.6 Å². The van der Waals surface area contributed by atoms with Gasteiger partial charge in [0.15, 0.2) is 0 Å². The van der Waals surface area contributed by atoms with Crippen molar-refractivity contribution in [1.29, 1.82) is 0 Å². The van der Waals surface area contributed by atoms with Crippen molar-refractivity contribution in [3.63, 3.8) is 0 Å². The van der Waals surface area contributed by atoms with Gasteiger partial charge < -0.3 is 10.4 Å². The summed E-state index contributed by atoms with van der Waals surface area (Å²) in [5, 5.41) is 18.2. The molecule has 0 fully saturated rings. The van der Waals surface area contributed by atoms with Gasteiger partial charge in [0.05, 0.1) is 5.60 Å². The quantitative estimate of drug-likeness (QED) is 0.564. The molecule has 1 aromatic heterocycles. The van der Waals surface area contributed by atoms with Crippen LogP contribution in [0.2, 0.25) is 0 Å². The van der Waals surface area contributed by atoms with Gasteiger partial charge in [0.2, 0.25) is 5.82 Å². The maximum atomic E-state index is 11.5. The first-order valence-corrected chi connectivity index (χ1v) is 5.52. The molecule has 2 atom stereocenters. The molecular weight excluding hydrogens is 224 g/mol. The van der Waals surface area contributed by atoms with Gasteiger partial charge in [-0.3, -0.25) is 9.78 Å². The first kappa shape index (κ1) is 13.4. The van der Waals surface area contributed by atoms with Crippen molar-refractivity contribution < 1.29 is 9.90 Å². The average molecular weight is 242 g/mol. The van der Waals surface area contributed by atoms with Gasteiger partial charge in [0.1, 0.15) is 0 Å². The number of aliphatic hydroxyl groups is 1. The Balaban J connectivity index is 2.57. The van der Waals surface area contributed by atoms with Crippen LogP contribution in [0.4, 0.5) is 0 Å². The first-order chi connectivity index (χ1) is 7.86. The lowest BCUT2D eigenvalue weighted by atomic mass is 9.89. The van der Waals surface area contributed by atoms with Gasteiger partial charge in [-0.2, -0.15) is 0 Å². The fraction of sp³-hybridized carbons (Fsp3) is 0.700. The monoisotopic (exact) mass is 242 g/mol. The molecule has 0 bridgehead atoms. The Hall–Kier alpha value is -1.63. The highest BCUT2D eigenvalue weighted by molar-refractivity contribution is 5.90. The molecule has 2 unspecified atom stereocenters. The van der Waals surface area contributed by atoms with Gasteiger partial charge in [-0.25, -0.2) is 9.89 Å². The predicted molar refractivity (Wildman–Crippen MR) is 61.6 cm³/mol. The Morgan fingerprint density at radius 3 is 2.76 bits per heavy atom. The molecular formula is C10H18N4O3. The van der Waals surface area contributed by atoms with E-state index in [1.807, 2.05) is 13.8 Å². The van der Waals surface area contributed by atoms with Crippen molar-refractivity contribution >= 4 is 5.91 Å². The second kappa shape index (κ2) is 5.13. The summed E-state index contributed by atoms with van der Waals surface area (Å²) < 4.78 is 0. The Morgan fingerprint density at radius 1 is 1.65 bits per heavy atom. The van der Waals surface area contributed by atoms with Crippen LogP contribution in [-0.2, 0) is 0 Å². The summed E-state index contributed by atoms with van der Waals surface area (Å²) >= 11 is 0. The predicted octanol–water partition coefficient (Wildman–Crippen LogP) is -0.375. The molecule has 0 aliphatic rings. The Morgan fingerprint density at radius 2 is 2.29 bits per heavy atom. The number of aromatic amines is 2. The molecule has 1 rings (SSSR count). The molecule has 0 aliphatic carbocycles. The zero-order valence-corrected chi connectivity index (χ0v) is 10.2. The normalized spacial score (nSPS) is 16.2. The lowest BCUT2D eigenvalue weighted by molar-refractivity contribution is 0.00583. The van der Waals surface area contributed by atoms with E-state index in [0.29, 0.717) is 0 Å². The first-order valence-electron chi connectivity index (χ1n) is 5.52. The number of aromatic nitrogens is 3. The average Bonchev–Trinajstić information content (AvgIpc) is 2.71. The third-order valence-corrected chi connectivity index (χ3v) is 3.00. The number of nitrogens with one attached hydrogen (secondary N) is 3. The van der Waals surface area contributed by atoms with E-state index in [4.69, 9.17) is 0 Å². The van der Waals surface area contributed by atoms with Gasteiger partial charge in [0, 0.05) is 6.54 Å². The second-order valence-corrected chi connectivity index (χ2v) is 4.38. The van der Waals surface area contributed by atoms with Gasteiger partial charge >= 0.3 is 5.69 Å². The van der Waals surface area contributed by atoms with Crippen molar-refractivity contribution in [2.45, 2.75) is 32.8 Å². The number of rotatable bonds is 5. The highest BCUT2D eigenvalue weighted by Crippen LogP contribution is 2.18. The molecule has 0 radical (unpaired) electrons. The smallest absolute Gasteiger partial charge is 0.341 e. The molecule has 1 amide bonds.